The van der Waals surface area contributed by atoms with Crippen molar-refractivity contribution in [1.29, 1.82) is 0 Å². The van der Waals surface area contributed by atoms with Crippen molar-refractivity contribution in [1.82, 2.24) is 8.80 Å². The summed E-state index contributed by atoms with van der Waals surface area (Å²) in [7, 11) is -1.75. The van der Waals surface area contributed by atoms with Crippen LogP contribution in [0.2, 0.25) is 19.6 Å². The molecule has 0 bridgehead atoms. The summed E-state index contributed by atoms with van der Waals surface area (Å²) < 4.78 is 19.3. The van der Waals surface area contributed by atoms with Crippen molar-refractivity contribution in [3.63, 3.8) is 0 Å². The minimum atomic E-state index is -1.75. The fourth-order valence-electron chi connectivity index (χ4n) is 15.4. The number of aromatic nitrogens is 2. The van der Waals surface area contributed by atoms with Gasteiger partial charge in [0.1, 0.15) is 11.2 Å². The second-order valence-corrected chi connectivity index (χ2v) is 30.2. The molecule has 0 saturated carbocycles. The second kappa shape index (κ2) is 18.5. The van der Waals surface area contributed by atoms with Crippen molar-refractivity contribution in [2.45, 2.75) is 26.6 Å². The van der Waals surface area contributed by atoms with E-state index in [1.54, 1.807) is 0 Å². The molecular formula is C82H56N4O2Si. The van der Waals surface area contributed by atoms with Crippen LogP contribution in [0.5, 0.6) is 0 Å². The molecule has 0 spiro atoms. The molecule has 0 radical (unpaired) electrons. The summed E-state index contributed by atoms with van der Waals surface area (Å²) in [5.41, 5.74) is 23.0. The molecule has 0 fully saturated rings. The van der Waals surface area contributed by atoms with Crippen LogP contribution < -0.4 is 15.0 Å². The quantitative estimate of drug-likeness (QED) is 0.135. The molecule has 0 aliphatic rings. The minimum absolute atomic E-state index is 0.866. The maximum absolute atomic E-state index is 7.15. The van der Waals surface area contributed by atoms with E-state index in [-0.39, 0.29) is 0 Å². The van der Waals surface area contributed by atoms with Gasteiger partial charge in [-0.3, -0.25) is 0 Å². The number of hydrogen-bond acceptors (Lipinski definition) is 4. The number of fused-ring (bicyclic) bond motifs is 18. The molecule has 0 atom stereocenters. The molecular weight excluding hydrogens is 1100 g/mol. The maximum atomic E-state index is 7.15. The Hall–Kier alpha value is -11.1. The molecule has 6 nitrogen and oxygen atoms in total. The first kappa shape index (κ1) is 50.1. The fourth-order valence-corrected chi connectivity index (χ4v) is 16.9. The topological polar surface area (TPSA) is 41.6 Å². The van der Waals surface area contributed by atoms with Gasteiger partial charge in [0.2, 0.25) is 0 Å². The summed E-state index contributed by atoms with van der Waals surface area (Å²) in [6.07, 6.45) is 0. The number of aryl methyl sites for hydroxylation is 1. The molecule has 19 rings (SSSR count). The Labute approximate surface area is 513 Å². The summed E-state index contributed by atoms with van der Waals surface area (Å²) in [5, 5.41) is 15.6. The molecule has 0 saturated heterocycles. The SMILES string of the molecule is Cc1cccc2c1oc1c(N(c3ccccc3)c3ccc4c(c3)c3cccc5c6c(-c7ccccc7)c7c(c(-c8ccccc8)c6n4c35)c3cccc4c5cc(N(c6ccccc6)c6cccc8c6oc6c([Si](C)(C)C)cccc68)ccc5n7c43)cccc12. The monoisotopic (exact) mass is 1160 g/mol. The highest BCUT2D eigenvalue weighted by Gasteiger charge is 2.32. The van der Waals surface area contributed by atoms with Crippen molar-refractivity contribution >= 4 is 167 Å². The highest BCUT2D eigenvalue weighted by atomic mass is 28.3. The van der Waals surface area contributed by atoms with Gasteiger partial charge >= 0.3 is 0 Å². The number of nitrogens with zero attached hydrogens (tertiary/aromatic N) is 4. The zero-order chi connectivity index (χ0) is 59.0. The summed E-state index contributed by atoms with van der Waals surface area (Å²) in [6.45, 7) is 9.33. The lowest BCUT2D eigenvalue weighted by atomic mass is 9.89. The van der Waals surface area contributed by atoms with Gasteiger partial charge in [0.05, 0.1) is 52.5 Å². The van der Waals surface area contributed by atoms with E-state index in [0.717, 1.165) is 94.6 Å². The van der Waals surface area contributed by atoms with E-state index < -0.39 is 8.07 Å². The van der Waals surface area contributed by atoms with Crippen LogP contribution in [0.1, 0.15) is 5.56 Å². The van der Waals surface area contributed by atoms with Crippen molar-refractivity contribution in [3.05, 3.63) is 272 Å². The maximum Gasteiger partial charge on any atom is 0.159 e. The van der Waals surface area contributed by atoms with Crippen LogP contribution in [0.3, 0.4) is 0 Å². The molecule has 0 aliphatic carbocycles. The van der Waals surface area contributed by atoms with Crippen molar-refractivity contribution in [3.8, 4) is 22.3 Å². The lowest BCUT2D eigenvalue weighted by Crippen LogP contribution is -2.37. The van der Waals surface area contributed by atoms with E-state index >= 15 is 0 Å². The summed E-state index contributed by atoms with van der Waals surface area (Å²) in [5.74, 6) is 0. The number of para-hydroxylation sites is 8. The highest BCUT2D eigenvalue weighted by Crippen LogP contribution is 2.55. The molecule has 0 unspecified atom stereocenters. The summed E-state index contributed by atoms with van der Waals surface area (Å²) in [6, 6.07) is 98.2. The molecule has 19 aromatic rings. The molecule has 13 aromatic carbocycles. The number of hydrogen-bond donors (Lipinski definition) is 0. The molecule has 420 valence electrons. The van der Waals surface area contributed by atoms with Crippen molar-refractivity contribution in [2.24, 2.45) is 0 Å². The largest absolute Gasteiger partial charge is 0.454 e. The zero-order valence-electron chi connectivity index (χ0n) is 49.5. The smallest absolute Gasteiger partial charge is 0.159 e. The first-order valence-corrected chi connectivity index (χ1v) is 34.3. The number of anilines is 6. The van der Waals surface area contributed by atoms with Crippen LogP contribution >= 0.6 is 0 Å². The zero-order valence-corrected chi connectivity index (χ0v) is 50.5. The molecule has 0 N–H and O–H groups in total. The van der Waals surface area contributed by atoms with Gasteiger partial charge in [0.25, 0.3) is 0 Å². The van der Waals surface area contributed by atoms with Gasteiger partial charge < -0.3 is 27.4 Å². The van der Waals surface area contributed by atoms with Crippen LogP contribution in [0.15, 0.2) is 276 Å². The third-order valence-electron chi connectivity index (χ3n) is 19.1. The molecule has 6 heterocycles. The first-order valence-electron chi connectivity index (χ1n) is 30.8. The van der Waals surface area contributed by atoms with E-state index in [9.17, 15) is 0 Å². The van der Waals surface area contributed by atoms with E-state index in [0.29, 0.717) is 0 Å². The Morgan fingerprint density at radius 2 is 0.685 bits per heavy atom. The first-order chi connectivity index (χ1) is 43.8. The third-order valence-corrected chi connectivity index (χ3v) is 21.1. The molecule has 89 heavy (non-hydrogen) atoms. The normalized spacial score (nSPS) is 12.5. The molecule has 0 aliphatic heterocycles. The third kappa shape index (κ3) is 6.96. The van der Waals surface area contributed by atoms with Gasteiger partial charge in [-0.1, -0.05) is 214 Å². The van der Waals surface area contributed by atoms with Crippen LogP contribution in [0, 0.1) is 6.92 Å². The Balaban J connectivity index is 0.895. The Kier molecular flexibility index (Phi) is 10.4. The predicted molar refractivity (Wildman–Crippen MR) is 378 cm³/mol. The van der Waals surface area contributed by atoms with Crippen molar-refractivity contribution in [2.75, 3.05) is 9.80 Å². The number of rotatable bonds is 9. The molecule has 0 amide bonds. The summed E-state index contributed by atoms with van der Waals surface area (Å²) >= 11 is 0. The highest BCUT2D eigenvalue weighted by molar-refractivity contribution is 6.90. The lowest BCUT2D eigenvalue weighted by molar-refractivity contribution is 0.666. The van der Waals surface area contributed by atoms with Crippen molar-refractivity contribution < 1.29 is 8.83 Å². The molecule has 6 aromatic heterocycles. The van der Waals surface area contributed by atoms with E-state index in [1.807, 2.05) is 0 Å². The number of benzene rings is 13. The number of furan rings is 2. The van der Waals surface area contributed by atoms with E-state index in [4.69, 9.17) is 8.83 Å². The van der Waals surface area contributed by atoms with Crippen LogP contribution in [-0.2, 0) is 0 Å². The Morgan fingerprint density at radius 3 is 1.16 bits per heavy atom. The van der Waals surface area contributed by atoms with Gasteiger partial charge in [-0.05, 0) is 102 Å². The fraction of sp³-hybridized carbons (Fsp3) is 0.0488. The average Bonchev–Trinajstić information content (AvgIpc) is 1.50. The Morgan fingerprint density at radius 1 is 0.303 bits per heavy atom. The summed E-state index contributed by atoms with van der Waals surface area (Å²) in [4.78, 5) is 4.76. The van der Waals surface area contributed by atoms with Crippen LogP contribution in [0.4, 0.5) is 34.1 Å². The van der Waals surface area contributed by atoms with E-state index in [2.05, 4.69) is 312 Å². The minimum Gasteiger partial charge on any atom is -0.454 e. The predicted octanol–water partition coefficient (Wildman–Crippen LogP) is 22.9. The second-order valence-electron chi connectivity index (χ2n) is 25.1. The van der Waals surface area contributed by atoms with Gasteiger partial charge in [0, 0.05) is 98.5 Å². The van der Waals surface area contributed by atoms with Gasteiger partial charge in [0.15, 0.2) is 11.2 Å². The van der Waals surface area contributed by atoms with Gasteiger partial charge in [-0.25, -0.2) is 0 Å². The van der Waals surface area contributed by atoms with Gasteiger partial charge in [-0.2, -0.15) is 0 Å². The van der Waals surface area contributed by atoms with Crippen LogP contribution in [0.25, 0.3) is 142 Å². The average molecular weight is 1160 g/mol. The molecule has 7 heteroatoms. The Bertz CT molecular complexity index is 6090. The lowest BCUT2D eigenvalue weighted by Gasteiger charge is -2.25. The van der Waals surface area contributed by atoms with Crippen LogP contribution in [-0.4, -0.2) is 16.9 Å². The van der Waals surface area contributed by atoms with E-state index in [1.165, 1.54) is 92.6 Å². The standard InChI is InChI=1S/C82H56N4O2Si/c1-49-23-17-34-58-59-35-20-40-68(80(59)87-79(49)58)83(52-28-13-7-14-29-52)54-43-45-66-64(47-54)56-32-18-38-62-73-72(51-26-11-6-12-27-51)78-74(71(50-24-9-5-10-25-50)77(73)85(66)75(56)62)63-39-19-33-57-65-48-55(44-46-67(65)86(78)76(57)63)84(53-30-15-8-16-31-53)69-41-21-36-60-61-37-22-42-70(89(2,3)4)82(61)88-81(60)69/h5-48H,1-4H3. The van der Waals surface area contributed by atoms with Gasteiger partial charge in [-0.15, -0.1) is 0 Å².